The van der Waals surface area contributed by atoms with E-state index in [-0.39, 0.29) is 11.9 Å². The highest BCUT2D eigenvalue weighted by Gasteiger charge is 2.26. The van der Waals surface area contributed by atoms with E-state index in [0.717, 1.165) is 18.5 Å². The van der Waals surface area contributed by atoms with Gasteiger partial charge in [-0.25, -0.2) is 12.7 Å². The standard InChI is InChI=1S/C13H22N4O3S/c1-3-4-11-9-12(16-15-11)13(18)14-10-5-7-17(8-6-10)21(2,19)20/h9-10H,3-8H2,1-2H3,(H,14,18)(H,15,16). The van der Waals surface area contributed by atoms with Crippen LogP contribution in [-0.2, 0) is 16.4 Å². The number of carbonyl (C=O) groups is 1. The molecule has 1 aliphatic rings. The van der Waals surface area contributed by atoms with E-state index in [9.17, 15) is 13.2 Å². The Morgan fingerprint density at radius 3 is 2.71 bits per heavy atom. The lowest BCUT2D eigenvalue weighted by Crippen LogP contribution is -2.46. The first-order valence-corrected chi connectivity index (χ1v) is 9.05. The van der Waals surface area contributed by atoms with Crippen molar-refractivity contribution in [2.75, 3.05) is 19.3 Å². The Balaban J connectivity index is 1.86. The van der Waals surface area contributed by atoms with Crippen LogP contribution in [0.5, 0.6) is 0 Å². The van der Waals surface area contributed by atoms with Crippen LogP contribution in [0.3, 0.4) is 0 Å². The second-order valence-corrected chi connectivity index (χ2v) is 7.42. The molecule has 0 bridgehead atoms. The minimum absolute atomic E-state index is 0.00169. The number of aromatic nitrogens is 2. The van der Waals surface area contributed by atoms with Gasteiger partial charge in [-0.05, 0) is 25.3 Å². The molecule has 1 aromatic rings. The maximum absolute atomic E-state index is 12.1. The fourth-order valence-electron chi connectivity index (χ4n) is 2.47. The number of sulfonamides is 1. The van der Waals surface area contributed by atoms with Crippen LogP contribution in [0, 0.1) is 0 Å². The molecule has 118 valence electrons. The summed E-state index contributed by atoms with van der Waals surface area (Å²) in [5, 5.41) is 9.78. The molecular formula is C13H22N4O3S. The highest BCUT2D eigenvalue weighted by atomic mass is 32.2. The molecule has 21 heavy (non-hydrogen) atoms. The number of nitrogens with one attached hydrogen (secondary N) is 2. The van der Waals surface area contributed by atoms with Crippen molar-refractivity contribution in [1.82, 2.24) is 19.8 Å². The van der Waals surface area contributed by atoms with Crippen LogP contribution in [0.15, 0.2) is 6.07 Å². The third-order valence-corrected chi connectivity index (χ3v) is 4.94. The van der Waals surface area contributed by atoms with Gasteiger partial charge in [-0.15, -0.1) is 0 Å². The molecular weight excluding hydrogens is 292 g/mol. The van der Waals surface area contributed by atoms with Crippen molar-refractivity contribution in [3.63, 3.8) is 0 Å². The van der Waals surface area contributed by atoms with E-state index in [1.165, 1.54) is 10.6 Å². The Morgan fingerprint density at radius 1 is 1.48 bits per heavy atom. The Kier molecular flexibility index (Phi) is 5.00. The summed E-state index contributed by atoms with van der Waals surface area (Å²) < 4.78 is 24.3. The second kappa shape index (κ2) is 6.57. The van der Waals surface area contributed by atoms with E-state index < -0.39 is 10.0 Å². The van der Waals surface area contributed by atoms with Gasteiger partial charge in [0.1, 0.15) is 5.69 Å². The van der Waals surface area contributed by atoms with E-state index in [1.54, 1.807) is 6.07 Å². The van der Waals surface area contributed by atoms with Crippen molar-refractivity contribution in [3.05, 3.63) is 17.5 Å². The van der Waals surface area contributed by atoms with E-state index in [4.69, 9.17) is 0 Å². The third kappa shape index (κ3) is 4.28. The molecule has 0 atom stereocenters. The summed E-state index contributed by atoms with van der Waals surface area (Å²) in [4.78, 5) is 12.1. The highest BCUT2D eigenvalue weighted by Crippen LogP contribution is 2.14. The summed E-state index contributed by atoms with van der Waals surface area (Å²) in [6, 6.07) is 1.77. The first-order chi connectivity index (χ1) is 9.90. The lowest BCUT2D eigenvalue weighted by atomic mass is 10.1. The number of aromatic amines is 1. The van der Waals surface area contributed by atoms with Crippen LogP contribution < -0.4 is 5.32 Å². The van der Waals surface area contributed by atoms with Crippen molar-refractivity contribution >= 4 is 15.9 Å². The Morgan fingerprint density at radius 2 is 2.14 bits per heavy atom. The van der Waals surface area contributed by atoms with Gasteiger partial charge in [0.05, 0.1) is 6.26 Å². The number of amides is 1. The molecule has 7 nitrogen and oxygen atoms in total. The lowest BCUT2D eigenvalue weighted by Gasteiger charge is -2.30. The average Bonchev–Trinajstić information content (AvgIpc) is 2.87. The molecule has 1 aliphatic heterocycles. The highest BCUT2D eigenvalue weighted by molar-refractivity contribution is 7.88. The molecule has 0 radical (unpaired) electrons. The zero-order valence-corrected chi connectivity index (χ0v) is 13.2. The topological polar surface area (TPSA) is 95.2 Å². The van der Waals surface area contributed by atoms with Gasteiger partial charge in [0.2, 0.25) is 10.0 Å². The number of hydrogen-bond acceptors (Lipinski definition) is 4. The van der Waals surface area contributed by atoms with E-state index >= 15 is 0 Å². The van der Waals surface area contributed by atoms with Gasteiger partial charge in [0.15, 0.2) is 0 Å². The molecule has 2 rings (SSSR count). The van der Waals surface area contributed by atoms with Crippen molar-refractivity contribution in [2.24, 2.45) is 0 Å². The van der Waals surface area contributed by atoms with Gasteiger partial charge in [0.25, 0.3) is 5.91 Å². The molecule has 0 unspecified atom stereocenters. The second-order valence-electron chi connectivity index (χ2n) is 5.44. The quantitative estimate of drug-likeness (QED) is 0.828. The summed E-state index contributed by atoms with van der Waals surface area (Å²) >= 11 is 0. The fraction of sp³-hybridized carbons (Fsp3) is 0.692. The zero-order valence-electron chi connectivity index (χ0n) is 12.4. The van der Waals surface area contributed by atoms with Crippen molar-refractivity contribution in [3.8, 4) is 0 Å². The molecule has 2 N–H and O–H groups in total. The molecule has 1 amide bonds. The van der Waals surface area contributed by atoms with Gasteiger partial charge in [-0.2, -0.15) is 5.10 Å². The van der Waals surface area contributed by atoms with Gasteiger partial charge < -0.3 is 5.32 Å². The van der Waals surface area contributed by atoms with Crippen molar-refractivity contribution < 1.29 is 13.2 Å². The van der Waals surface area contributed by atoms with Crippen LogP contribution >= 0.6 is 0 Å². The van der Waals surface area contributed by atoms with Crippen LogP contribution in [0.25, 0.3) is 0 Å². The number of aryl methyl sites for hydroxylation is 1. The third-order valence-electron chi connectivity index (χ3n) is 3.64. The van der Waals surface area contributed by atoms with Gasteiger partial charge in [-0.1, -0.05) is 13.3 Å². The van der Waals surface area contributed by atoms with Crippen LogP contribution in [-0.4, -0.2) is 54.2 Å². The smallest absolute Gasteiger partial charge is 0.271 e. The van der Waals surface area contributed by atoms with Crippen molar-refractivity contribution in [2.45, 2.75) is 38.6 Å². The van der Waals surface area contributed by atoms with Gasteiger partial charge in [0, 0.05) is 24.8 Å². The summed E-state index contributed by atoms with van der Waals surface area (Å²) in [5.74, 6) is -0.202. The van der Waals surface area contributed by atoms with E-state index in [1.807, 2.05) is 0 Å². The van der Waals surface area contributed by atoms with Crippen LogP contribution in [0.1, 0.15) is 42.4 Å². The largest absolute Gasteiger partial charge is 0.348 e. The Labute approximate surface area is 125 Å². The summed E-state index contributed by atoms with van der Waals surface area (Å²) in [6.45, 7) is 2.97. The summed E-state index contributed by atoms with van der Waals surface area (Å²) in [5.41, 5.74) is 1.35. The fourth-order valence-corrected chi connectivity index (χ4v) is 3.34. The number of hydrogen-bond donors (Lipinski definition) is 2. The molecule has 0 aromatic carbocycles. The minimum Gasteiger partial charge on any atom is -0.348 e. The monoisotopic (exact) mass is 314 g/mol. The van der Waals surface area contributed by atoms with Gasteiger partial charge >= 0.3 is 0 Å². The first-order valence-electron chi connectivity index (χ1n) is 7.20. The summed E-state index contributed by atoms with van der Waals surface area (Å²) in [6.07, 6.45) is 4.33. The number of rotatable bonds is 5. The summed E-state index contributed by atoms with van der Waals surface area (Å²) in [7, 11) is -3.13. The maximum Gasteiger partial charge on any atom is 0.271 e. The van der Waals surface area contributed by atoms with Gasteiger partial charge in [-0.3, -0.25) is 9.89 Å². The molecule has 1 fully saturated rings. The SMILES string of the molecule is CCCc1cc(C(=O)NC2CCN(S(C)(=O)=O)CC2)n[nH]1. The molecule has 8 heteroatoms. The Hall–Kier alpha value is -1.41. The molecule has 0 saturated carbocycles. The zero-order chi connectivity index (χ0) is 15.5. The predicted molar refractivity (Wildman–Crippen MR) is 79.5 cm³/mol. The molecule has 0 spiro atoms. The number of H-pyrrole nitrogens is 1. The normalized spacial score (nSPS) is 17.8. The number of piperidine rings is 1. The minimum atomic E-state index is -3.13. The molecule has 1 aromatic heterocycles. The number of carbonyl (C=O) groups excluding carboxylic acids is 1. The van der Waals surface area contributed by atoms with E-state index in [2.05, 4.69) is 22.4 Å². The average molecular weight is 314 g/mol. The lowest BCUT2D eigenvalue weighted by molar-refractivity contribution is 0.0919. The maximum atomic E-state index is 12.1. The predicted octanol–water partition coefficient (Wildman–Crippen LogP) is 0.516. The molecule has 0 aliphatic carbocycles. The van der Waals surface area contributed by atoms with Crippen LogP contribution in [0.2, 0.25) is 0 Å². The van der Waals surface area contributed by atoms with Crippen LogP contribution in [0.4, 0.5) is 0 Å². The van der Waals surface area contributed by atoms with Crippen molar-refractivity contribution in [1.29, 1.82) is 0 Å². The Bertz CT molecular complexity index is 588. The first kappa shape index (κ1) is 16.0. The molecule has 1 saturated heterocycles. The molecule has 2 heterocycles. The number of nitrogens with zero attached hydrogens (tertiary/aromatic N) is 2. The van der Waals surface area contributed by atoms with E-state index in [0.29, 0.717) is 31.6 Å².